The Balaban J connectivity index is 1.36. The second-order valence-corrected chi connectivity index (χ2v) is 7.07. The minimum Gasteiger partial charge on any atom is -0.374 e. The van der Waals surface area contributed by atoms with E-state index in [4.69, 9.17) is 4.98 Å². The van der Waals surface area contributed by atoms with E-state index in [0.29, 0.717) is 0 Å². The topological polar surface area (TPSA) is 45.2 Å². The van der Waals surface area contributed by atoms with Crippen LogP contribution >= 0.6 is 11.5 Å². The quantitative estimate of drug-likeness (QED) is 0.707. The molecule has 132 valence electrons. The molecule has 0 atom stereocenters. The lowest BCUT2D eigenvalue weighted by molar-refractivity contribution is 0.351. The highest BCUT2D eigenvalue weighted by Gasteiger charge is 2.18. The Morgan fingerprint density at radius 2 is 1.81 bits per heavy atom. The maximum atomic E-state index is 4.71. The lowest BCUT2D eigenvalue weighted by Gasteiger charge is -2.33. The number of benzene rings is 1. The van der Waals surface area contributed by atoms with Crippen LogP contribution in [0.5, 0.6) is 0 Å². The van der Waals surface area contributed by atoms with Crippen molar-refractivity contribution in [1.29, 1.82) is 0 Å². The molecule has 1 aliphatic rings. The third-order valence-electron chi connectivity index (χ3n) is 4.45. The van der Waals surface area contributed by atoms with E-state index < -0.39 is 0 Å². The minimum absolute atomic E-state index is 0.768. The molecular formula is C20H21N5S. The molecule has 5 nitrogen and oxygen atoms in total. The number of hydrogen-bond donors (Lipinski definition) is 0. The summed E-state index contributed by atoms with van der Waals surface area (Å²) in [6.07, 6.45) is 6.20. The minimum atomic E-state index is 0.768. The Kier molecular flexibility index (Phi) is 4.93. The van der Waals surface area contributed by atoms with Gasteiger partial charge >= 0.3 is 0 Å². The molecule has 26 heavy (non-hydrogen) atoms. The van der Waals surface area contributed by atoms with Crippen LogP contribution in [0, 0.1) is 6.92 Å². The summed E-state index contributed by atoms with van der Waals surface area (Å²) >= 11 is 1.47. The summed E-state index contributed by atoms with van der Waals surface area (Å²) in [6.45, 7) is 5.88. The molecule has 0 bridgehead atoms. The third kappa shape index (κ3) is 3.91. The standard InChI is InChI=1S/C20H21N5S/c1-16-7-8-18(15-21-16)19-22-20(26-23-19)25-13-11-24(12-14-25)10-9-17-5-3-2-4-6-17/h2-10,15H,11-14H2,1H3. The molecule has 6 heteroatoms. The first-order valence-corrected chi connectivity index (χ1v) is 9.54. The largest absolute Gasteiger partial charge is 0.374 e. The molecule has 0 N–H and O–H groups in total. The summed E-state index contributed by atoms with van der Waals surface area (Å²) in [5, 5.41) is 0.993. The number of rotatable bonds is 4. The highest BCUT2D eigenvalue weighted by molar-refractivity contribution is 7.09. The van der Waals surface area contributed by atoms with E-state index in [-0.39, 0.29) is 0 Å². The van der Waals surface area contributed by atoms with E-state index in [1.54, 1.807) is 0 Å². The van der Waals surface area contributed by atoms with Crippen molar-refractivity contribution < 1.29 is 0 Å². The SMILES string of the molecule is Cc1ccc(-c2nsc(N3CCN(C=Cc4ccccc4)CC3)n2)cn1. The first-order valence-electron chi connectivity index (χ1n) is 8.77. The van der Waals surface area contributed by atoms with E-state index in [1.165, 1.54) is 17.1 Å². The molecular weight excluding hydrogens is 342 g/mol. The summed E-state index contributed by atoms with van der Waals surface area (Å²) in [7, 11) is 0. The van der Waals surface area contributed by atoms with E-state index in [9.17, 15) is 0 Å². The van der Waals surface area contributed by atoms with E-state index in [1.807, 2.05) is 31.3 Å². The van der Waals surface area contributed by atoms with Crippen LogP contribution in [-0.4, -0.2) is 45.4 Å². The zero-order valence-corrected chi connectivity index (χ0v) is 15.6. The Morgan fingerprint density at radius 3 is 2.54 bits per heavy atom. The molecule has 1 aromatic carbocycles. The van der Waals surface area contributed by atoms with Crippen molar-refractivity contribution in [1.82, 2.24) is 19.2 Å². The summed E-state index contributed by atoms with van der Waals surface area (Å²) in [6, 6.07) is 14.4. The monoisotopic (exact) mass is 363 g/mol. The van der Waals surface area contributed by atoms with Gasteiger partial charge in [-0.05, 0) is 36.9 Å². The number of anilines is 1. The maximum Gasteiger partial charge on any atom is 0.205 e. The predicted octanol–water partition coefficient (Wildman–Crippen LogP) is 3.70. The molecule has 1 saturated heterocycles. The van der Waals surface area contributed by atoms with Gasteiger partial charge in [0.25, 0.3) is 0 Å². The van der Waals surface area contributed by atoms with Crippen molar-refractivity contribution in [2.45, 2.75) is 6.92 Å². The number of aryl methyl sites for hydroxylation is 1. The Morgan fingerprint density at radius 1 is 1.00 bits per heavy atom. The average molecular weight is 363 g/mol. The normalized spacial score (nSPS) is 15.0. The Bertz CT molecular complexity index is 865. The molecule has 1 fully saturated rings. The van der Waals surface area contributed by atoms with Gasteiger partial charge in [-0.1, -0.05) is 30.3 Å². The van der Waals surface area contributed by atoms with Gasteiger partial charge in [-0.25, -0.2) is 0 Å². The van der Waals surface area contributed by atoms with Crippen LogP contribution in [-0.2, 0) is 0 Å². The van der Waals surface area contributed by atoms with E-state index in [2.05, 4.69) is 55.7 Å². The van der Waals surface area contributed by atoms with Crippen LogP contribution in [0.15, 0.2) is 54.9 Å². The number of pyridine rings is 1. The second-order valence-electron chi connectivity index (χ2n) is 6.34. The molecule has 2 aromatic heterocycles. The van der Waals surface area contributed by atoms with Gasteiger partial charge in [0.2, 0.25) is 5.13 Å². The Labute approximate surface area is 157 Å². The average Bonchev–Trinajstić information content (AvgIpc) is 3.18. The molecule has 1 aliphatic heterocycles. The van der Waals surface area contributed by atoms with Gasteiger partial charge in [-0.3, -0.25) is 4.98 Å². The van der Waals surface area contributed by atoms with Gasteiger partial charge in [0.15, 0.2) is 5.82 Å². The van der Waals surface area contributed by atoms with Gasteiger partial charge in [0, 0.05) is 55.2 Å². The van der Waals surface area contributed by atoms with Crippen molar-refractivity contribution in [2.24, 2.45) is 0 Å². The van der Waals surface area contributed by atoms with Crippen LogP contribution in [0.3, 0.4) is 0 Å². The van der Waals surface area contributed by atoms with Crippen molar-refractivity contribution in [3.63, 3.8) is 0 Å². The van der Waals surface area contributed by atoms with Crippen LogP contribution < -0.4 is 4.90 Å². The van der Waals surface area contributed by atoms with Crippen LogP contribution in [0.1, 0.15) is 11.3 Å². The molecule has 3 aromatic rings. The first-order chi connectivity index (χ1) is 12.8. The molecule has 0 radical (unpaired) electrons. The van der Waals surface area contributed by atoms with Crippen LogP contribution in [0.25, 0.3) is 17.5 Å². The summed E-state index contributed by atoms with van der Waals surface area (Å²) in [5.41, 5.74) is 3.21. The molecule has 0 unspecified atom stereocenters. The first kappa shape index (κ1) is 16.7. The number of hydrogen-bond acceptors (Lipinski definition) is 6. The molecule has 0 aliphatic carbocycles. The Hall–Kier alpha value is -2.73. The molecule has 3 heterocycles. The second kappa shape index (κ2) is 7.66. The number of nitrogens with zero attached hydrogens (tertiary/aromatic N) is 5. The zero-order chi connectivity index (χ0) is 17.8. The van der Waals surface area contributed by atoms with Crippen molar-refractivity contribution in [3.05, 3.63) is 66.1 Å². The molecule has 0 amide bonds. The van der Waals surface area contributed by atoms with Gasteiger partial charge in [0.05, 0.1) is 0 Å². The highest BCUT2D eigenvalue weighted by atomic mass is 32.1. The predicted molar refractivity (Wildman–Crippen MR) is 107 cm³/mol. The van der Waals surface area contributed by atoms with Gasteiger partial charge in [-0.2, -0.15) is 9.36 Å². The van der Waals surface area contributed by atoms with E-state index in [0.717, 1.165) is 48.4 Å². The number of piperazine rings is 1. The summed E-state index contributed by atoms with van der Waals surface area (Å²) in [4.78, 5) is 13.7. The van der Waals surface area contributed by atoms with Crippen molar-refractivity contribution >= 4 is 22.7 Å². The van der Waals surface area contributed by atoms with Crippen molar-refractivity contribution in [3.8, 4) is 11.4 Å². The fourth-order valence-electron chi connectivity index (χ4n) is 2.88. The molecule has 4 rings (SSSR count). The maximum absolute atomic E-state index is 4.71. The van der Waals surface area contributed by atoms with Gasteiger partial charge in [0.1, 0.15) is 0 Å². The van der Waals surface area contributed by atoms with Crippen LogP contribution in [0.2, 0.25) is 0 Å². The van der Waals surface area contributed by atoms with Crippen LogP contribution in [0.4, 0.5) is 5.13 Å². The fourth-order valence-corrected chi connectivity index (χ4v) is 3.62. The zero-order valence-electron chi connectivity index (χ0n) is 14.7. The lowest BCUT2D eigenvalue weighted by atomic mass is 10.2. The lowest BCUT2D eigenvalue weighted by Crippen LogP contribution is -2.44. The highest BCUT2D eigenvalue weighted by Crippen LogP contribution is 2.24. The molecule has 0 spiro atoms. The van der Waals surface area contributed by atoms with E-state index >= 15 is 0 Å². The van der Waals surface area contributed by atoms with Gasteiger partial charge in [-0.15, -0.1) is 0 Å². The van der Waals surface area contributed by atoms with Gasteiger partial charge < -0.3 is 9.80 Å². The summed E-state index contributed by atoms with van der Waals surface area (Å²) in [5.74, 6) is 0.768. The molecule has 0 saturated carbocycles. The third-order valence-corrected chi connectivity index (χ3v) is 5.22. The summed E-state index contributed by atoms with van der Waals surface area (Å²) < 4.78 is 4.51. The fraction of sp³-hybridized carbons (Fsp3) is 0.250. The number of aromatic nitrogens is 3. The smallest absolute Gasteiger partial charge is 0.205 e. The van der Waals surface area contributed by atoms with Crippen molar-refractivity contribution in [2.75, 3.05) is 31.1 Å².